The summed E-state index contributed by atoms with van der Waals surface area (Å²) in [6.45, 7) is 7.46. The fourth-order valence-electron chi connectivity index (χ4n) is 3.31. The summed E-state index contributed by atoms with van der Waals surface area (Å²) in [4.78, 5) is 30.7. The third-order valence-corrected chi connectivity index (χ3v) is 4.59. The molecule has 0 unspecified atom stereocenters. The first kappa shape index (κ1) is 22.6. The summed E-state index contributed by atoms with van der Waals surface area (Å²) < 4.78 is 53.7. The summed E-state index contributed by atoms with van der Waals surface area (Å²) in [5.74, 6) is -4.39. The smallest absolute Gasteiger partial charge is 0.410 e. The Balaban J connectivity index is 2.10. The van der Waals surface area contributed by atoms with Crippen molar-refractivity contribution in [1.29, 1.82) is 0 Å². The summed E-state index contributed by atoms with van der Waals surface area (Å²) in [7, 11) is 0. The number of amides is 1. The highest BCUT2D eigenvalue weighted by Crippen LogP contribution is 2.30. The van der Waals surface area contributed by atoms with Gasteiger partial charge in [-0.3, -0.25) is 0 Å². The molecule has 3 rings (SSSR count). The minimum Gasteiger partial charge on any atom is -0.461 e. The zero-order valence-electron chi connectivity index (χ0n) is 17.8. The molecule has 0 N–H and O–H groups in total. The van der Waals surface area contributed by atoms with Gasteiger partial charge < -0.3 is 18.9 Å². The number of carbonyl (C=O) groups excluding carboxylic acids is 2. The second-order valence-electron chi connectivity index (χ2n) is 8.10. The van der Waals surface area contributed by atoms with Crippen LogP contribution in [0.5, 0.6) is 0 Å². The van der Waals surface area contributed by atoms with Crippen LogP contribution in [0, 0.1) is 17.5 Å². The van der Waals surface area contributed by atoms with Crippen molar-refractivity contribution in [3.63, 3.8) is 0 Å². The molecule has 0 radical (unpaired) electrons. The van der Waals surface area contributed by atoms with E-state index in [4.69, 9.17) is 9.47 Å². The zero-order valence-corrected chi connectivity index (χ0v) is 17.8. The van der Waals surface area contributed by atoms with Gasteiger partial charge in [-0.1, -0.05) is 0 Å². The third kappa shape index (κ3) is 4.83. The summed E-state index contributed by atoms with van der Waals surface area (Å²) in [5.41, 5.74) is -0.813. The Morgan fingerprint density at radius 3 is 2.42 bits per heavy atom. The molecule has 0 saturated carbocycles. The fourth-order valence-corrected chi connectivity index (χ4v) is 3.31. The summed E-state index contributed by atoms with van der Waals surface area (Å²) in [5, 5.41) is 0. The van der Waals surface area contributed by atoms with Crippen molar-refractivity contribution in [1.82, 2.24) is 14.5 Å². The Morgan fingerprint density at radius 1 is 1.10 bits per heavy atom. The van der Waals surface area contributed by atoms with Gasteiger partial charge >= 0.3 is 12.1 Å². The topological polar surface area (TPSA) is 73.7 Å². The predicted molar refractivity (Wildman–Crippen MR) is 105 cm³/mol. The van der Waals surface area contributed by atoms with E-state index in [1.54, 1.807) is 27.7 Å². The average Bonchev–Trinajstić information content (AvgIpc) is 2.86. The molecule has 0 bridgehead atoms. The van der Waals surface area contributed by atoms with E-state index >= 15 is 0 Å². The first-order chi connectivity index (χ1) is 14.5. The first-order valence-electron chi connectivity index (χ1n) is 9.91. The Bertz CT molecular complexity index is 1010. The van der Waals surface area contributed by atoms with E-state index in [-0.39, 0.29) is 36.8 Å². The highest BCUT2D eigenvalue weighted by atomic mass is 19.2. The van der Waals surface area contributed by atoms with Gasteiger partial charge in [0.05, 0.1) is 24.4 Å². The number of halogens is 3. The molecule has 168 valence electrons. The van der Waals surface area contributed by atoms with E-state index in [9.17, 15) is 22.8 Å². The number of carbonyl (C=O) groups is 2. The van der Waals surface area contributed by atoms with Gasteiger partial charge in [-0.15, -0.1) is 0 Å². The van der Waals surface area contributed by atoms with Crippen molar-refractivity contribution in [2.75, 3.05) is 13.2 Å². The summed E-state index contributed by atoms with van der Waals surface area (Å²) in [6.07, 6.45) is -0.124. The second kappa shape index (κ2) is 8.60. The minimum absolute atomic E-state index is 0.0403. The Labute approximate surface area is 177 Å². The van der Waals surface area contributed by atoms with Crippen molar-refractivity contribution in [3.8, 4) is 11.4 Å². The molecule has 31 heavy (non-hydrogen) atoms. The van der Waals surface area contributed by atoms with Crippen molar-refractivity contribution >= 4 is 12.1 Å². The minimum atomic E-state index is -1.33. The highest BCUT2D eigenvalue weighted by Gasteiger charge is 2.32. The molecule has 7 nitrogen and oxygen atoms in total. The van der Waals surface area contributed by atoms with E-state index in [0.29, 0.717) is 30.8 Å². The van der Waals surface area contributed by atoms with Gasteiger partial charge in [-0.25, -0.2) is 27.7 Å². The SMILES string of the molecule is CCOC(=O)c1nc(-c2cc(F)c(F)cc2F)n2c1CN(C(=O)OC(C)(C)C)CCC2. The first-order valence-corrected chi connectivity index (χ1v) is 9.91. The lowest BCUT2D eigenvalue weighted by molar-refractivity contribution is 0.0233. The fraction of sp³-hybridized carbons (Fsp3) is 0.476. The van der Waals surface area contributed by atoms with E-state index in [1.807, 2.05) is 0 Å². The lowest BCUT2D eigenvalue weighted by Crippen LogP contribution is -2.36. The van der Waals surface area contributed by atoms with E-state index in [2.05, 4.69) is 4.98 Å². The zero-order chi connectivity index (χ0) is 22.9. The number of rotatable bonds is 3. The van der Waals surface area contributed by atoms with Crippen LogP contribution in [0.2, 0.25) is 0 Å². The van der Waals surface area contributed by atoms with Crippen LogP contribution >= 0.6 is 0 Å². The monoisotopic (exact) mass is 439 g/mol. The lowest BCUT2D eigenvalue weighted by Gasteiger charge is -2.26. The van der Waals surface area contributed by atoms with Gasteiger partial charge in [0.2, 0.25) is 0 Å². The maximum absolute atomic E-state index is 14.5. The number of ether oxygens (including phenoxy) is 2. The number of aromatic nitrogens is 2. The number of imidazole rings is 1. The van der Waals surface area contributed by atoms with Gasteiger partial charge in [0.1, 0.15) is 17.2 Å². The van der Waals surface area contributed by atoms with Gasteiger partial charge in [0.25, 0.3) is 0 Å². The van der Waals surface area contributed by atoms with Crippen molar-refractivity contribution in [3.05, 3.63) is 41.0 Å². The summed E-state index contributed by atoms with van der Waals surface area (Å²) >= 11 is 0. The molecule has 10 heteroatoms. The Morgan fingerprint density at radius 2 is 1.77 bits per heavy atom. The number of hydrogen-bond acceptors (Lipinski definition) is 5. The van der Waals surface area contributed by atoms with Crippen LogP contribution < -0.4 is 0 Å². The average molecular weight is 439 g/mol. The predicted octanol–water partition coefficient (Wildman–Crippen LogP) is 4.28. The third-order valence-electron chi connectivity index (χ3n) is 4.59. The molecular weight excluding hydrogens is 415 g/mol. The molecule has 0 atom stereocenters. The number of benzene rings is 1. The van der Waals surface area contributed by atoms with Gasteiger partial charge in [0, 0.05) is 19.2 Å². The molecule has 2 heterocycles. The molecule has 1 aromatic carbocycles. The van der Waals surface area contributed by atoms with Gasteiger partial charge in [-0.05, 0) is 40.2 Å². The van der Waals surface area contributed by atoms with Crippen LogP contribution in [0.3, 0.4) is 0 Å². The number of esters is 1. The van der Waals surface area contributed by atoms with Crippen molar-refractivity contribution < 1.29 is 32.2 Å². The number of fused-ring (bicyclic) bond motifs is 1. The van der Waals surface area contributed by atoms with Gasteiger partial charge in [-0.2, -0.15) is 0 Å². The van der Waals surface area contributed by atoms with Crippen LogP contribution in [-0.2, 0) is 22.6 Å². The van der Waals surface area contributed by atoms with Crippen molar-refractivity contribution in [2.24, 2.45) is 0 Å². The quantitative estimate of drug-likeness (QED) is 0.527. The summed E-state index contributed by atoms with van der Waals surface area (Å²) in [6, 6.07) is 1.13. The molecular formula is C21H24F3N3O4. The van der Waals surface area contributed by atoms with E-state index < -0.39 is 35.1 Å². The molecule has 0 spiro atoms. The molecule has 0 fully saturated rings. The normalized spacial score (nSPS) is 14.1. The molecule has 1 aliphatic heterocycles. The maximum atomic E-state index is 14.5. The van der Waals surface area contributed by atoms with Gasteiger partial charge in [0.15, 0.2) is 17.3 Å². The number of hydrogen-bond donors (Lipinski definition) is 0. The number of nitrogens with zero attached hydrogens (tertiary/aromatic N) is 3. The largest absolute Gasteiger partial charge is 0.461 e. The highest BCUT2D eigenvalue weighted by molar-refractivity contribution is 5.90. The van der Waals surface area contributed by atoms with Crippen LogP contribution in [0.15, 0.2) is 12.1 Å². The standard InChI is InChI=1S/C21H24F3N3O4/c1-5-30-19(28)17-16-11-26(20(29)31-21(2,3)4)7-6-8-27(16)18(25-17)12-9-14(23)15(24)10-13(12)22/h9-10H,5-8,11H2,1-4H3. The molecule has 1 amide bonds. The van der Waals surface area contributed by atoms with Crippen LogP contribution in [0.1, 0.15) is 50.3 Å². The Kier molecular flexibility index (Phi) is 6.28. The van der Waals surface area contributed by atoms with E-state index in [1.165, 1.54) is 9.47 Å². The molecule has 0 aliphatic carbocycles. The van der Waals surface area contributed by atoms with Crippen LogP contribution in [0.4, 0.5) is 18.0 Å². The molecule has 2 aromatic rings. The van der Waals surface area contributed by atoms with Crippen molar-refractivity contribution in [2.45, 2.75) is 52.8 Å². The van der Waals surface area contributed by atoms with E-state index in [0.717, 1.165) is 0 Å². The molecule has 1 aromatic heterocycles. The molecule has 0 saturated heterocycles. The Hall–Kier alpha value is -3.04. The molecule has 1 aliphatic rings. The lowest BCUT2D eigenvalue weighted by atomic mass is 10.2. The van der Waals surface area contributed by atoms with Crippen LogP contribution in [-0.4, -0.2) is 45.3 Å². The van der Waals surface area contributed by atoms with Crippen LogP contribution in [0.25, 0.3) is 11.4 Å². The maximum Gasteiger partial charge on any atom is 0.410 e. The second-order valence-corrected chi connectivity index (χ2v) is 8.10.